The first-order chi connectivity index (χ1) is 12.1. The predicted octanol–water partition coefficient (Wildman–Crippen LogP) is 4.82. The van der Waals surface area contributed by atoms with Crippen LogP contribution >= 0.6 is 11.3 Å². The topological polar surface area (TPSA) is 68.0 Å². The minimum Gasteiger partial charge on any atom is -0.459 e. The van der Waals surface area contributed by atoms with Gasteiger partial charge in [-0.15, -0.1) is 11.3 Å². The molecule has 4 aromatic rings. The minimum absolute atomic E-state index is 0.180. The van der Waals surface area contributed by atoms with Crippen LogP contribution < -0.4 is 5.32 Å². The number of aromatic nitrogens is 2. The Kier molecular flexibility index (Phi) is 3.82. The van der Waals surface area contributed by atoms with Crippen molar-refractivity contribution in [3.63, 3.8) is 0 Å². The van der Waals surface area contributed by atoms with E-state index in [1.54, 1.807) is 6.20 Å². The van der Waals surface area contributed by atoms with Gasteiger partial charge in [-0.1, -0.05) is 6.07 Å². The maximum Gasteiger partial charge on any atom is 0.267 e. The van der Waals surface area contributed by atoms with Crippen molar-refractivity contribution in [2.45, 2.75) is 13.8 Å². The summed E-state index contributed by atoms with van der Waals surface area (Å²) in [6, 6.07) is 13.2. The summed E-state index contributed by atoms with van der Waals surface area (Å²) in [6.07, 6.45) is 1.74. The molecule has 6 heteroatoms. The number of furan rings is 1. The number of hydrogen-bond donors (Lipinski definition) is 1. The molecule has 124 valence electrons. The molecule has 0 fully saturated rings. The number of carbonyl (C=O) groups is 1. The molecule has 0 aliphatic heterocycles. The molecule has 0 saturated carbocycles. The maximum atomic E-state index is 12.7. The molecule has 0 unspecified atom stereocenters. The highest BCUT2D eigenvalue weighted by atomic mass is 32.1. The zero-order valence-corrected chi connectivity index (χ0v) is 14.6. The standard InChI is InChI=1S/C19H15N3O2S/c1-11-8-9-16(24-11)19-21-12(2)17(25-19)18(23)22-15-7-3-6-14-13(15)5-4-10-20-14/h3-10H,1-2H3,(H,22,23). The highest BCUT2D eigenvalue weighted by molar-refractivity contribution is 7.17. The summed E-state index contributed by atoms with van der Waals surface area (Å²) in [6.45, 7) is 3.71. The largest absolute Gasteiger partial charge is 0.459 e. The Morgan fingerprint density at radius 1 is 1.12 bits per heavy atom. The summed E-state index contributed by atoms with van der Waals surface area (Å²) < 4.78 is 5.60. The summed E-state index contributed by atoms with van der Waals surface area (Å²) in [5, 5.41) is 4.58. The zero-order valence-electron chi connectivity index (χ0n) is 13.7. The Labute approximate surface area is 148 Å². The van der Waals surface area contributed by atoms with Crippen LogP contribution in [0.5, 0.6) is 0 Å². The Morgan fingerprint density at radius 2 is 2.00 bits per heavy atom. The molecule has 5 nitrogen and oxygen atoms in total. The third-order valence-electron chi connectivity index (χ3n) is 3.85. The van der Waals surface area contributed by atoms with Gasteiger partial charge in [0, 0.05) is 11.6 Å². The van der Waals surface area contributed by atoms with Gasteiger partial charge in [-0.05, 0) is 50.2 Å². The summed E-state index contributed by atoms with van der Waals surface area (Å²) in [5.41, 5.74) is 2.26. The van der Waals surface area contributed by atoms with Crippen LogP contribution in [-0.4, -0.2) is 15.9 Å². The number of thiazole rings is 1. The van der Waals surface area contributed by atoms with Crippen LogP contribution in [0.1, 0.15) is 21.1 Å². The summed E-state index contributed by atoms with van der Waals surface area (Å²) in [7, 11) is 0. The highest BCUT2D eigenvalue weighted by Crippen LogP contribution is 2.30. The molecule has 0 aliphatic carbocycles. The first kappa shape index (κ1) is 15.5. The van der Waals surface area contributed by atoms with Gasteiger partial charge in [-0.3, -0.25) is 9.78 Å². The molecule has 1 N–H and O–H groups in total. The fourth-order valence-corrected chi connectivity index (χ4v) is 3.58. The summed E-state index contributed by atoms with van der Waals surface area (Å²) in [4.78, 5) is 22.1. The lowest BCUT2D eigenvalue weighted by Gasteiger charge is -2.07. The number of rotatable bonds is 3. The fourth-order valence-electron chi connectivity index (χ4n) is 2.65. The van der Waals surface area contributed by atoms with Crippen LogP contribution in [0.15, 0.2) is 53.1 Å². The highest BCUT2D eigenvalue weighted by Gasteiger charge is 2.18. The number of aryl methyl sites for hydroxylation is 2. The van der Waals surface area contributed by atoms with Crippen molar-refractivity contribution >= 4 is 33.8 Å². The number of hydrogen-bond acceptors (Lipinski definition) is 5. The monoisotopic (exact) mass is 349 g/mol. The van der Waals surface area contributed by atoms with E-state index < -0.39 is 0 Å². The molecule has 0 aliphatic rings. The van der Waals surface area contributed by atoms with Crippen LogP contribution in [0, 0.1) is 13.8 Å². The molecule has 1 amide bonds. The van der Waals surface area contributed by atoms with E-state index in [1.807, 2.05) is 56.3 Å². The number of pyridine rings is 1. The zero-order chi connectivity index (χ0) is 17.4. The lowest BCUT2D eigenvalue weighted by molar-refractivity contribution is 0.103. The molecular weight excluding hydrogens is 334 g/mol. The van der Waals surface area contributed by atoms with Gasteiger partial charge in [-0.25, -0.2) is 4.98 Å². The molecule has 0 radical (unpaired) electrons. The second-order valence-corrected chi connectivity index (χ2v) is 6.67. The van der Waals surface area contributed by atoms with Crippen molar-refractivity contribution in [2.75, 3.05) is 5.32 Å². The van der Waals surface area contributed by atoms with Gasteiger partial charge in [-0.2, -0.15) is 0 Å². The predicted molar refractivity (Wildman–Crippen MR) is 99.0 cm³/mol. The number of nitrogens with zero attached hydrogens (tertiary/aromatic N) is 2. The third kappa shape index (κ3) is 2.92. The second kappa shape index (κ2) is 6.14. The van der Waals surface area contributed by atoms with Crippen molar-refractivity contribution in [1.82, 2.24) is 9.97 Å². The van der Waals surface area contributed by atoms with Crippen molar-refractivity contribution < 1.29 is 9.21 Å². The van der Waals surface area contributed by atoms with E-state index in [1.165, 1.54) is 11.3 Å². The van der Waals surface area contributed by atoms with Crippen LogP contribution in [0.4, 0.5) is 5.69 Å². The normalized spacial score (nSPS) is 11.0. The van der Waals surface area contributed by atoms with E-state index in [-0.39, 0.29) is 5.91 Å². The molecule has 3 heterocycles. The number of anilines is 1. The summed E-state index contributed by atoms with van der Waals surface area (Å²) in [5.74, 6) is 1.32. The number of benzene rings is 1. The van der Waals surface area contributed by atoms with Gasteiger partial charge in [0.2, 0.25) is 0 Å². The van der Waals surface area contributed by atoms with Gasteiger partial charge in [0.1, 0.15) is 10.6 Å². The first-order valence-electron chi connectivity index (χ1n) is 7.81. The van der Waals surface area contributed by atoms with E-state index in [0.717, 1.165) is 22.4 Å². The van der Waals surface area contributed by atoms with E-state index in [2.05, 4.69) is 15.3 Å². The Bertz CT molecular complexity index is 1080. The number of fused-ring (bicyclic) bond motifs is 1. The van der Waals surface area contributed by atoms with E-state index >= 15 is 0 Å². The number of nitrogens with one attached hydrogen (secondary N) is 1. The Hall–Kier alpha value is -2.99. The van der Waals surface area contributed by atoms with Gasteiger partial charge >= 0.3 is 0 Å². The molecule has 1 aromatic carbocycles. The Balaban J connectivity index is 1.66. The molecule has 0 bridgehead atoms. The average molecular weight is 349 g/mol. The molecule has 4 rings (SSSR count). The quantitative estimate of drug-likeness (QED) is 0.576. The lowest BCUT2D eigenvalue weighted by atomic mass is 10.2. The lowest BCUT2D eigenvalue weighted by Crippen LogP contribution is -2.11. The SMILES string of the molecule is Cc1ccc(-c2nc(C)c(C(=O)Nc3cccc4ncccc34)s2)o1. The fraction of sp³-hybridized carbons (Fsp3) is 0.105. The number of carbonyl (C=O) groups excluding carboxylic acids is 1. The van der Waals surface area contributed by atoms with Crippen molar-refractivity contribution in [3.05, 3.63) is 65.0 Å². The van der Waals surface area contributed by atoms with E-state index in [9.17, 15) is 4.79 Å². The van der Waals surface area contributed by atoms with Gasteiger partial charge in [0.25, 0.3) is 5.91 Å². The maximum absolute atomic E-state index is 12.7. The van der Waals surface area contributed by atoms with Crippen molar-refractivity contribution in [1.29, 1.82) is 0 Å². The molecule has 0 spiro atoms. The molecule has 25 heavy (non-hydrogen) atoms. The van der Waals surface area contributed by atoms with Gasteiger partial charge in [0.15, 0.2) is 10.8 Å². The number of amides is 1. The summed E-state index contributed by atoms with van der Waals surface area (Å²) >= 11 is 1.33. The van der Waals surface area contributed by atoms with Gasteiger partial charge < -0.3 is 9.73 Å². The van der Waals surface area contributed by atoms with Crippen molar-refractivity contribution in [3.8, 4) is 10.8 Å². The molecular formula is C19H15N3O2S. The second-order valence-electron chi connectivity index (χ2n) is 5.67. The average Bonchev–Trinajstić information content (AvgIpc) is 3.21. The van der Waals surface area contributed by atoms with Crippen LogP contribution in [0.2, 0.25) is 0 Å². The first-order valence-corrected chi connectivity index (χ1v) is 8.63. The molecule has 3 aromatic heterocycles. The molecule has 0 atom stereocenters. The van der Waals surface area contributed by atoms with Crippen molar-refractivity contribution in [2.24, 2.45) is 0 Å². The smallest absolute Gasteiger partial charge is 0.267 e. The molecule has 0 saturated heterocycles. The van der Waals surface area contributed by atoms with Crippen LogP contribution in [0.3, 0.4) is 0 Å². The van der Waals surface area contributed by atoms with E-state index in [4.69, 9.17) is 4.42 Å². The Morgan fingerprint density at radius 3 is 2.80 bits per heavy atom. The van der Waals surface area contributed by atoms with Gasteiger partial charge in [0.05, 0.1) is 16.9 Å². The third-order valence-corrected chi connectivity index (χ3v) is 5.02. The van der Waals surface area contributed by atoms with E-state index in [0.29, 0.717) is 21.3 Å². The minimum atomic E-state index is -0.180. The van der Waals surface area contributed by atoms with Crippen LogP contribution in [-0.2, 0) is 0 Å². The van der Waals surface area contributed by atoms with Crippen LogP contribution in [0.25, 0.3) is 21.7 Å².